The van der Waals surface area contributed by atoms with E-state index in [2.05, 4.69) is 10.5 Å². The van der Waals surface area contributed by atoms with E-state index in [9.17, 15) is 23.1 Å². The maximum Gasteiger partial charge on any atom is 0.416 e. The fourth-order valence-electron chi connectivity index (χ4n) is 2.13. The Kier molecular flexibility index (Phi) is 4.60. The van der Waals surface area contributed by atoms with E-state index in [-0.39, 0.29) is 27.9 Å². The normalized spacial score (nSPS) is 11.4. The van der Waals surface area contributed by atoms with E-state index < -0.39 is 17.6 Å². The van der Waals surface area contributed by atoms with Crippen LogP contribution in [0, 0.1) is 0 Å². The number of hydrogen-bond acceptors (Lipinski definition) is 4. The van der Waals surface area contributed by atoms with Crippen molar-refractivity contribution >= 4 is 23.2 Å². The molecule has 26 heavy (non-hydrogen) atoms. The van der Waals surface area contributed by atoms with Crippen LogP contribution in [-0.2, 0) is 6.18 Å². The second kappa shape index (κ2) is 6.72. The summed E-state index contributed by atoms with van der Waals surface area (Å²) >= 11 is 5.84. The van der Waals surface area contributed by atoms with Crippen LogP contribution in [0.2, 0.25) is 5.02 Å². The number of aromatic nitrogens is 1. The van der Waals surface area contributed by atoms with Crippen LogP contribution in [0.3, 0.4) is 0 Å². The van der Waals surface area contributed by atoms with Gasteiger partial charge in [-0.05, 0) is 42.5 Å². The first-order valence-electron chi connectivity index (χ1n) is 7.18. The second-order valence-electron chi connectivity index (χ2n) is 5.27. The number of rotatable bonds is 3. The number of hydrogen-bond donors (Lipinski definition) is 2. The highest BCUT2D eigenvalue weighted by molar-refractivity contribution is 6.33. The summed E-state index contributed by atoms with van der Waals surface area (Å²) in [5, 5.41) is 15.1. The fraction of sp³-hybridized carbons (Fsp3) is 0.0588. The molecule has 0 aliphatic heterocycles. The Balaban J connectivity index is 1.82. The molecule has 1 aromatic heterocycles. The minimum atomic E-state index is -4.57. The lowest BCUT2D eigenvalue weighted by molar-refractivity contribution is -0.137. The third-order valence-electron chi connectivity index (χ3n) is 3.44. The number of nitrogens with zero attached hydrogens (tertiary/aromatic N) is 1. The van der Waals surface area contributed by atoms with Crippen molar-refractivity contribution in [1.82, 2.24) is 5.16 Å². The van der Waals surface area contributed by atoms with Crippen molar-refractivity contribution in [2.75, 3.05) is 5.32 Å². The molecule has 0 unspecified atom stereocenters. The van der Waals surface area contributed by atoms with Gasteiger partial charge in [-0.15, -0.1) is 0 Å². The first-order valence-corrected chi connectivity index (χ1v) is 7.56. The van der Waals surface area contributed by atoms with E-state index in [1.807, 2.05) is 0 Å². The van der Waals surface area contributed by atoms with Crippen LogP contribution in [0.15, 0.2) is 53.1 Å². The Morgan fingerprint density at radius 2 is 1.81 bits per heavy atom. The zero-order valence-electron chi connectivity index (χ0n) is 12.8. The Morgan fingerprint density at radius 1 is 1.12 bits per heavy atom. The van der Waals surface area contributed by atoms with Crippen LogP contribution in [0.5, 0.6) is 5.75 Å². The van der Waals surface area contributed by atoms with Crippen molar-refractivity contribution in [3.63, 3.8) is 0 Å². The van der Waals surface area contributed by atoms with E-state index in [0.717, 1.165) is 18.2 Å². The van der Waals surface area contributed by atoms with Gasteiger partial charge >= 0.3 is 6.18 Å². The summed E-state index contributed by atoms with van der Waals surface area (Å²) < 4.78 is 43.4. The van der Waals surface area contributed by atoms with E-state index in [4.69, 9.17) is 16.1 Å². The first kappa shape index (κ1) is 17.8. The fourth-order valence-corrected chi connectivity index (χ4v) is 2.29. The molecule has 0 saturated carbocycles. The highest BCUT2D eigenvalue weighted by atomic mass is 35.5. The standard InChI is InChI=1S/C17H10ClF3N2O3/c18-12-6-3-10(17(19,20)21)7-13(12)22-16(25)14-8-15(26-23-14)9-1-4-11(24)5-2-9/h1-8,24H,(H,22,25). The quantitative estimate of drug-likeness (QED) is 0.670. The van der Waals surface area contributed by atoms with Crippen molar-refractivity contribution in [2.24, 2.45) is 0 Å². The molecule has 134 valence electrons. The molecule has 0 radical (unpaired) electrons. The van der Waals surface area contributed by atoms with Crippen molar-refractivity contribution in [2.45, 2.75) is 6.18 Å². The van der Waals surface area contributed by atoms with Gasteiger partial charge in [0.1, 0.15) is 5.75 Å². The molecule has 0 fully saturated rings. The van der Waals surface area contributed by atoms with Crippen LogP contribution in [0.1, 0.15) is 16.1 Å². The van der Waals surface area contributed by atoms with Crippen molar-refractivity contribution in [1.29, 1.82) is 0 Å². The maximum atomic E-state index is 12.8. The van der Waals surface area contributed by atoms with Crippen LogP contribution >= 0.6 is 11.6 Å². The van der Waals surface area contributed by atoms with Gasteiger partial charge in [0, 0.05) is 11.6 Å². The zero-order valence-corrected chi connectivity index (χ0v) is 13.6. The molecule has 0 aliphatic carbocycles. The van der Waals surface area contributed by atoms with Gasteiger partial charge in [-0.1, -0.05) is 16.8 Å². The second-order valence-corrected chi connectivity index (χ2v) is 5.68. The Bertz CT molecular complexity index is 953. The lowest BCUT2D eigenvalue weighted by atomic mass is 10.1. The summed E-state index contributed by atoms with van der Waals surface area (Å²) in [6.07, 6.45) is -4.57. The number of carbonyl (C=O) groups excluding carboxylic acids is 1. The Morgan fingerprint density at radius 3 is 2.46 bits per heavy atom. The summed E-state index contributed by atoms with van der Waals surface area (Å²) in [7, 11) is 0. The average molecular weight is 383 g/mol. The van der Waals surface area contributed by atoms with E-state index in [1.165, 1.54) is 18.2 Å². The lowest BCUT2D eigenvalue weighted by Crippen LogP contribution is -2.14. The van der Waals surface area contributed by atoms with Crippen LogP contribution < -0.4 is 5.32 Å². The predicted octanol–water partition coefficient (Wildman–Crippen LogP) is 4.97. The molecule has 0 spiro atoms. The van der Waals surface area contributed by atoms with E-state index >= 15 is 0 Å². The van der Waals surface area contributed by atoms with E-state index in [0.29, 0.717) is 5.56 Å². The molecule has 0 atom stereocenters. The third kappa shape index (κ3) is 3.80. The molecule has 5 nitrogen and oxygen atoms in total. The van der Waals surface area contributed by atoms with Crippen LogP contribution in [-0.4, -0.2) is 16.2 Å². The SMILES string of the molecule is O=C(Nc1cc(C(F)(F)F)ccc1Cl)c1cc(-c2ccc(O)cc2)on1. The summed E-state index contributed by atoms with van der Waals surface area (Å²) in [4.78, 5) is 12.2. The maximum absolute atomic E-state index is 12.8. The molecular weight excluding hydrogens is 373 g/mol. The molecular formula is C17H10ClF3N2O3. The molecule has 0 aliphatic rings. The van der Waals surface area contributed by atoms with Crippen LogP contribution in [0.25, 0.3) is 11.3 Å². The first-order chi connectivity index (χ1) is 12.2. The number of nitrogens with one attached hydrogen (secondary N) is 1. The number of halogens is 4. The largest absolute Gasteiger partial charge is 0.508 e. The minimum Gasteiger partial charge on any atom is -0.508 e. The molecule has 2 N–H and O–H groups in total. The molecule has 1 amide bonds. The number of phenolic OH excluding ortho intramolecular Hbond substituents is 1. The highest BCUT2D eigenvalue weighted by Gasteiger charge is 2.31. The van der Waals surface area contributed by atoms with Gasteiger partial charge in [0.2, 0.25) is 0 Å². The molecule has 3 aromatic rings. The molecule has 9 heteroatoms. The monoisotopic (exact) mass is 382 g/mol. The minimum absolute atomic E-state index is 0.0476. The summed E-state index contributed by atoms with van der Waals surface area (Å²) in [6, 6.07) is 9.90. The highest BCUT2D eigenvalue weighted by Crippen LogP contribution is 2.34. The number of aromatic hydroxyl groups is 1. The Hall–Kier alpha value is -3.00. The molecule has 2 aromatic carbocycles. The molecule has 0 bridgehead atoms. The van der Waals surface area contributed by atoms with Gasteiger partial charge < -0.3 is 14.9 Å². The molecule has 0 saturated heterocycles. The number of phenols is 1. The predicted molar refractivity (Wildman–Crippen MR) is 88.0 cm³/mol. The van der Waals surface area contributed by atoms with Crippen molar-refractivity contribution in [3.8, 4) is 17.1 Å². The number of alkyl halides is 3. The molecule has 3 rings (SSSR count). The zero-order chi connectivity index (χ0) is 18.9. The molecule has 1 heterocycles. The van der Waals surface area contributed by atoms with Crippen molar-refractivity contribution in [3.05, 3.63) is 64.8 Å². The van der Waals surface area contributed by atoms with Gasteiger partial charge in [-0.2, -0.15) is 13.2 Å². The van der Waals surface area contributed by atoms with Gasteiger partial charge in [-0.25, -0.2) is 0 Å². The van der Waals surface area contributed by atoms with Gasteiger partial charge in [0.25, 0.3) is 5.91 Å². The third-order valence-corrected chi connectivity index (χ3v) is 3.77. The van der Waals surface area contributed by atoms with E-state index in [1.54, 1.807) is 12.1 Å². The summed E-state index contributed by atoms with van der Waals surface area (Å²) in [6.45, 7) is 0. The van der Waals surface area contributed by atoms with Gasteiger partial charge in [0.05, 0.1) is 16.3 Å². The number of carbonyl (C=O) groups is 1. The van der Waals surface area contributed by atoms with Crippen molar-refractivity contribution < 1.29 is 27.6 Å². The van der Waals surface area contributed by atoms with Gasteiger partial charge in [0.15, 0.2) is 11.5 Å². The average Bonchev–Trinajstić information content (AvgIpc) is 3.06. The Labute approximate surface area is 150 Å². The number of anilines is 1. The number of benzene rings is 2. The summed E-state index contributed by atoms with van der Waals surface area (Å²) in [5.41, 5.74) is -0.712. The summed E-state index contributed by atoms with van der Waals surface area (Å²) in [5.74, 6) is -0.462. The van der Waals surface area contributed by atoms with Gasteiger partial charge in [-0.3, -0.25) is 4.79 Å². The smallest absolute Gasteiger partial charge is 0.416 e. The van der Waals surface area contributed by atoms with Crippen LogP contribution in [0.4, 0.5) is 18.9 Å². The lowest BCUT2D eigenvalue weighted by Gasteiger charge is -2.10. The number of amides is 1. The topological polar surface area (TPSA) is 75.4 Å².